The predicted molar refractivity (Wildman–Crippen MR) is 107 cm³/mol. The first-order chi connectivity index (χ1) is 12.6. The molecule has 3 rings (SSSR count). The number of piperazine rings is 1. The largest absolute Gasteiger partial charge is 0.353 e. The number of nitrogens with zero attached hydrogens (tertiary/aromatic N) is 3. The quantitative estimate of drug-likeness (QED) is 0.900. The number of carbonyl (C=O) groups excluding carboxylic acids is 1. The van der Waals surface area contributed by atoms with Gasteiger partial charge in [0.2, 0.25) is 0 Å². The van der Waals surface area contributed by atoms with Crippen molar-refractivity contribution in [3.63, 3.8) is 0 Å². The lowest BCUT2D eigenvalue weighted by Gasteiger charge is -2.35. The van der Waals surface area contributed by atoms with E-state index in [9.17, 15) is 4.79 Å². The van der Waals surface area contributed by atoms with Gasteiger partial charge in [0.15, 0.2) is 0 Å². The molecule has 1 aromatic heterocycles. The number of rotatable bonds is 4. The van der Waals surface area contributed by atoms with Crippen molar-refractivity contribution in [2.45, 2.75) is 33.1 Å². The zero-order chi connectivity index (χ0) is 18.5. The lowest BCUT2D eigenvalue weighted by Crippen LogP contribution is -2.50. The Morgan fingerprint density at radius 3 is 2.50 bits per heavy atom. The molecule has 138 valence electrons. The fourth-order valence-corrected chi connectivity index (χ4v) is 3.41. The van der Waals surface area contributed by atoms with Crippen LogP contribution in [0.25, 0.3) is 0 Å². The Labute approximate surface area is 156 Å². The molecule has 5 nitrogen and oxygen atoms in total. The number of anilines is 2. The molecule has 2 amide bonds. The van der Waals surface area contributed by atoms with Gasteiger partial charge < -0.3 is 15.1 Å². The molecular formula is C21H28N4O. The van der Waals surface area contributed by atoms with E-state index in [0.717, 1.165) is 31.0 Å². The van der Waals surface area contributed by atoms with Crippen molar-refractivity contribution < 1.29 is 4.79 Å². The van der Waals surface area contributed by atoms with Gasteiger partial charge in [-0.2, -0.15) is 0 Å². The Bertz CT molecular complexity index is 737. The normalized spacial score (nSPS) is 14.6. The van der Waals surface area contributed by atoms with Crippen molar-refractivity contribution in [2.24, 2.45) is 0 Å². The maximum atomic E-state index is 12.8. The number of hydrogen-bond acceptors (Lipinski definition) is 3. The molecule has 0 unspecified atom stereocenters. The van der Waals surface area contributed by atoms with E-state index >= 15 is 0 Å². The van der Waals surface area contributed by atoms with Crippen molar-refractivity contribution in [1.82, 2.24) is 9.88 Å². The standard InChI is InChI=1S/C21H28N4O/c1-4-17-8-7-9-18(16(2)3)20(17)23-21(26)25-14-12-24(13-15-25)19-10-5-6-11-22-19/h5-11,16H,4,12-15H2,1-3H3,(H,23,26). The number of carbonyl (C=O) groups is 1. The van der Waals surface area contributed by atoms with Crippen molar-refractivity contribution in [3.05, 3.63) is 53.7 Å². The average molecular weight is 352 g/mol. The Balaban J connectivity index is 1.67. The highest BCUT2D eigenvalue weighted by Crippen LogP contribution is 2.28. The number of urea groups is 1. The molecule has 0 radical (unpaired) electrons. The van der Waals surface area contributed by atoms with Gasteiger partial charge in [-0.3, -0.25) is 0 Å². The fourth-order valence-electron chi connectivity index (χ4n) is 3.41. The third-order valence-corrected chi connectivity index (χ3v) is 4.96. The van der Waals surface area contributed by atoms with Crippen molar-refractivity contribution in [3.8, 4) is 0 Å². The minimum absolute atomic E-state index is 0.00605. The van der Waals surface area contributed by atoms with Gasteiger partial charge in [0, 0.05) is 38.1 Å². The van der Waals surface area contributed by atoms with Crippen LogP contribution in [-0.4, -0.2) is 42.1 Å². The maximum absolute atomic E-state index is 12.8. The minimum atomic E-state index is -0.00605. The van der Waals surface area contributed by atoms with Crippen LogP contribution < -0.4 is 10.2 Å². The lowest BCUT2D eigenvalue weighted by molar-refractivity contribution is 0.208. The molecule has 2 heterocycles. The third-order valence-electron chi connectivity index (χ3n) is 4.96. The van der Waals surface area contributed by atoms with E-state index < -0.39 is 0 Å². The molecule has 0 saturated carbocycles. The summed E-state index contributed by atoms with van der Waals surface area (Å²) in [5.41, 5.74) is 3.38. The highest BCUT2D eigenvalue weighted by molar-refractivity contribution is 5.91. The van der Waals surface area contributed by atoms with E-state index in [1.807, 2.05) is 29.3 Å². The van der Waals surface area contributed by atoms with Crippen LogP contribution in [0.2, 0.25) is 0 Å². The Hall–Kier alpha value is -2.56. The summed E-state index contributed by atoms with van der Waals surface area (Å²) < 4.78 is 0. The molecule has 0 bridgehead atoms. The van der Waals surface area contributed by atoms with E-state index in [2.05, 4.69) is 54.2 Å². The highest BCUT2D eigenvalue weighted by atomic mass is 16.2. The maximum Gasteiger partial charge on any atom is 0.321 e. The Morgan fingerprint density at radius 2 is 1.88 bits per heavy atom. The second-order valence-corrected chi connectivity index (χ2v) is 6.98. The molecule has 1 saturated heterocycles. The van der Waals surface area contributed by atoms with Gasteiger partial charge in [-0.25, -0.2) is 9.78 Å². The number of nitrogens with one attached hydrogen (secondary N) is 1. The van der Waals surface area contributed by atoms with Gasteiger partial charge in [-0.15, -0.1) is 0 Å². The first-order valence-corrected chi connectivity index (χ1v) is 9.43. The van der Waals surface area contributed by atoms with Crippen LogP contribution in [-0.2, 0) is 6.42 Å². The number of aromatic nitrogens is 1. The minimum Gasteiger partial charge on any atom is -0.353 e. The molecule has 1 aromatic carbocycles. The van der Waals surface area contributed by atoms with Crippen LogP contribution in [0.5, 0.6) is 0 Å². The monoisotopic (exact) mass is 352 g/mol. The molecule has 1 N–H and O–H groups in total. The van der Waals surface area contributed by atoms with Crippen LogP contribution in [0.3, 0.4) is 0 Å². The van der Waals surface area contributed by atoms with Crippen LogP contribution >= 0.6 is 0 Å². The summed E-state index contributed by atoms with van der Waals surface area (Å²) in [6.45, 7) is 9.46. The molecular weight excluding hydrogens is 324 g/mol. The molecule has 2 aromatic rings. The van der Waals surface area contributed by atoms with Gasteiger partial charge >= 0.3 is 6.03 Å². The summed E-state index contributed by atoms with van der Waals surface area (Å²) in [6.07, 6.45) is 2.72. The molecule has 0 spiro atoms. The van der Waals surface area contributed by atoms with Crippen molar-refractivity contribution >= 4 is 17.5 Å². The number of hydrogen-bond donors (Lipinski definition) is 1. The van der Waals surface area contributed by atoms with E-state index in [0.29, 0.717) is 19.0 Å². The van der Waals surface area contributed by atoms with E-state index in [1.54, 1.807) is 0 Å². The summed E-state index contributed by atoms with van der Waals surface area (Å²) >= 11 is 0. The molecule has 1 fully saturated rings. The SMILES string of the molecule is CCc1cccc(C(C)C)c1NC(=O)N1CCN(c2ccccn2)CC1. The smallest absolute Gasteiger partial charge is 0.321 e. The van der Waals surface area contributed by atoms with Gasteiger partial charge in [0.25, 0.3) is 0 Å². The molecule has 1 aliphatic rings. The Kier molecular flexibility index (Phi) is 5.76. The van der Waals surface area contributed by atoms with Gasteiger partial charge in [0.1, 0.15) is 5.82 Å². The van der Waals surface area contributed by atoms with Crippen LogP contribution in [0.4, 0.5) is 16.3 Å². The second kappa shape index (κ2) is 8.21. The summed E-state index contributed by atoms with van der Waals surface area (Å²) in [7, 11) is 0. The van der Waals surface area contributed by atoms with Crippen molar-refractivity contribution in [2.75, 3.05) is 36.4 Å². The van der Waals surface area contributed by atoms with E-state index in [-0.39, 0.29) is 6.03 Å². The average Bonchev–Trinajstić information content (AvgIpc) is 2.68. The number of amides is 2. The van der Waals surface area contributed by atoms with Gasteiger partial charge in [-0.1, -0.05) is 45.0 Å². The van der Waals surface area contributed by atoms with Gasteiger partial charge in [0.05, 0.1) is 0 Å². The topological polar surface area (TPSA) is 48.5 Å². The first kappa shape index (κ1) is 18.2. The molecule has 0 aliphatic carbocycles. The van der Waals surface area contributed by atoms with Crippen molar-refractivity contribution in [1.29, 1.82) is 0 Å². The zero-order valence-corrected chi connectivity index (χ0v) is 15.9. The molecule has 26 heavy (non-hydrogen) atoms. The van der Waals surface area contributed by atoms with Crippen LogP contribution in [0, 0.1) is 0 Å². The summed E-state index contributed by atoms with van der Waals surface area (Å²) in [5, 5.41) is 3.19. The van der Waals surface area contributed by atoms with Crippen LogP contribution in [0.15, 0.2) is 42.6 Å². The molecule has 5 heteroatoms. The summed E-state index contributed by atoms with van der Waals surface area (Å²) in [5.74, 6) is 1.35. The number of para-hydroxylation sites is 1. The Morgan fingerprint density at radius 1 is 1.12 bits per heavy atom. The predicted octanol–water partition coefficient (Wildman–Crippen LogP) is 4.12. The van der Waals surface area contributed by atoms with E-state index in [4.69, 9.17) is 0 Å². The second-order valence-electron chi connectivity index (χ2n) is 6.98. The first-order valence-electron chi connectivity index (χ1n) is 9.43. The highest BCUT2D eigenvalue weighted by Gasteiger charge is 2.23. The molecule has 0 atom stereocenters. The van der Waals surface area contributed by atoms with Gasteiger partial charge in [-0.05, 0) is 35.6 Å². The fraction of sp³-hybridized carbons (Fsp3) is 0.429. The number of benzene rings is 1. The summed E-state index contributed by atoms with van der Waals surface area (Å²) in [4.78, 5) is 21.4. The summed E-state index contributed by atoms with van der Waals surface area (Å²) in [6, 6.07) is 12.2. The zero-order valence-electron chi connectivity index (χ0n) is 15.9. The third kappa shape index (κ3) is 3.98. The number of aryl methyl sites for hydroxylation is 1. The van der Waals surface area contributed by atoms with Crippen LogP contribution in [0.1, 0.15) is 37.8 Å². The lowest BCUT2D eigenvalue weighted by atomic mass is 9.96. The van der Waals surface area contributed by atoms with E-state index in [1.165, 1.54) is 11.1 Å². The number of pyridine rings is 1. The molecule has 1 aliphatic heterocycles.